The van der Waals surface area contributed by atoms with Crippen LogP contribution in [0.15, 0.2) is 24.4 Å². The molecule has 0 aliphatic carbocycles. The van der Waals surface area contributed by atoms with Crippen LogP contribution < -0.4 is 10.5 Å². The van der Waals surface area contributed by atoms with E-state index in [0.717, 1.165) is 17.0 Å². The molecular formula is C13H14ClN3O. The zero-order valence-corrected chi connectivity index (χ0v) is 11.0. The minimum Gasteiger partial charge on any atom is -0.437 e. The monoisotopic (exact) mass is 263 g/mol. The van der Waals surface area contributed by atoms with Gasteiger partial charge in [-0.3, -0.25) is 4.98 Å². The van der Waals surface area contributed by atoms with Crippen molar-refractivity contribution < 1.29 is 4.74 Å². The van der Waals surface area contributed by atoms with E-state index in [-0.39, 0.29) is 0 Å². The highest BCUT2D eigenvalue weighted by Gasteiger charge is 2.10. The van der Waals surface area contributed by atoms with Gasteiger partial charge >= 0.3 is 0 Å². The third kappa shape index (κ3) is 2.60. The predicted molar refractivity (Wildman–Crippen MR) is 70.9 cm³/mol. The largest absolute Gasteiger partial charge is 0.437 e. The van der Waals surface area contributed by atoms with Crippen molar-refractivity contribution in [1.29, 1.82) is 0 Å². The Balaban J connectivity index is 2.40. The van der Waals surface area contributed by atoms with E-state index in [4.69, 9.17) is 22.1 Å². The Morgan fingerprint density at radius 2 is 2.11 bits per heavy atom. The molecule has 0 fully saturated rings. The highest BCUT2D eigenvalue weighted by Crippen LogP contribution is 2.30. The molecule has 1 aromatic carbocycles. The highest BCUT2D eigenvalue weighted by atomic mass is 35.5. The number of halogens is 1. The Kier molecular flexibility index (Phi) is 3.79. The van der Waals surface area contributed by atoms with Crippen molar-refractivity contribution >= 4 is 11.6 Å². The average Bonchev–Trinajstić information content (AvgIpc) is 2.34. The summed E-state index contributed by atoms with van der Waals surface area (Å²) in [5.41, 5.74) is 7.96. The first-order valence-corrected chi connectivity index (χ1v) is 5.95. The maximum atomic E-state index is 6.07. The van der Waals surface area contributed by atoms with Gasteiger partial charge in [-0.15, -0.1) is 0 Å². The summed E-state index contributed by atoms with van der Waals surface area (Å²) in [5, 5.41) is 0.591. The molecule has 0 radical (unpaired) electrons. The summed E-state index contributed by atoms with van der Waals surface area (Å²) in [5.74, 6) is 1.10. The van der Waals surface area contributed by atoms with Gasteiger partial charge in [0.05, 0.1) is 11.4 Å². The summed E-state index contributed by atoms with van der Waals surface area (Å²) in [6.07, 6.45) is 1.70. The molecule has 2 rings (SSSR count). The minimum atomic E-state index is 0.313. The van der Waals surface area contributed by atoms with Gasteiger partial charge in [0.2, 0.25) is 5.88 Å². The minimum absolute atomic E-state index is 0.313. The van der Waals surface area contributed by atoms with Crippen molar-refractivity contribution in [3.8, 4) is 11.6 Å². The Bertz CT molecular complexity index is 572. The van der Waals surface area contributed by atoms with E-state index in [1.54, 1.807) is 12.3 Å². The first kappa shape index (κ1) is 12.8. The molecule has 0 aliphatic rings. The van der Waals surface area contributed by atoms with Crippen LogP contribution in [0.1, 0.15) is 17.0 Å². The van der Waals surface area contributed by atoms with Gasteiger partial charge < -0.3 is 10.5 Å². The Morgan fingerprint density at radius 1 is 1.33 bits per heavy atom. The van der Waals surface area contributed by atoms with Crippen LogP contribution >= 0.6 is 11.6 Å². The van der Waals surface area contributed by atoms with Gasteiger partial charge in [-0.25, -0.2) is 4.98 Å². The zero-order chi connectivity index (χ0) is 13.1. The smallest absolute Gasteiger partial charge is 0.241 e. The summed E-state index contributed by atoms with van der Waals surface area (Å²) >= 11 is 6.07. The van der Waals surface area contributed by atoms with Crippen molar-refractivity contribution in [3.63, 3.8) is 0 Å². The van der Waals surface area contributed by atoms with Gasteiger partial charge in [0, 0.05) is 23.3 Å². The quantitative estimate of drug-likeness (QED) is 0.925. The lowest BCUT2D eigenvalue weighted by Crippen LogP contribution is -2.02. The summed E-state index contributed by atoms with van der Waals surface area (Å²) < 4.78 is 5.75. The van der Waals surface area contributed by atoms with Crippen LogP contribution in [0.4, 0.5) is 0 Å². The van der Waals surface area contributed by atoms with Crippen LogP contribution in [0, 0.1) is 13.8 Å². The SMILES string of the molecule is Cc1cnc(C)c(Oc2cccc(Cl)c2CN)n1. The van der Waals surface area contributed by atoms with Crippen LogP contribution in [-0.2, 0) is 6.54 Å². The average molecular weight is 264 g/mol. The second-order valence-corrected chi connectivity index (χ2v) is 4.33. The molecule has 5 heteroatoms. The van der Waals surface area contributed by atoms with Crippen molar-refractivity contribution in [2.45, 2.75) is 20.4 Å². The first-order valence-electron chi connectivity index (χ1n) is 5.57. The fraction of sp³-hybridized carbons (Fsp3) is 0.231. The van der Waals surface area contributed by atoms with Gasteiger partial charge in [0.25, 0.3) is 0 Å². The Hall–Kier alpha value is -1.65. The van der Waals surface area contributed by atoms with Crippen molar-refractivity contribution in [2.75, 3.05) is 0 Å². The summed E-state index contributed by atoms with van der Waals surface area (Å²) in [6.45, 7) is 4.02. The molecule has 1 heterocycles. The lowest BCUT2D eigenvalue weighted by molar-refractivity contribution is 0.448. The molecule has 0 saturated heterocycles. The number of nitrogens with two attached hydrogens (primary N) is 1. The predicted octanol–water partition coefficient (Wildman–Crippen LogP) is 3.00. The lowest BCUT2D eigenvalue weighted by Gasteiger charge is -2.12. The third-order valence-electron chi connectivity index (χ3n) is 2.52. The number of aromatic nitrogens is 2. The number of aryl methyl sites for hydroxylation is 2. The molecule has 0 saturated carbocycles. The molecule has 0 atom stereocenters. The van der Waals surface area contributed by atoms with Crippen LogP contribution in [-0.4, -0.2) is 9.97 Å². The number of rotatable bonds is 3. The standard InChI is InChI=1S/C13H14ClN3O/c1-8-7-16-9(2)13(17-8)18-12-5-3-4-11(14)10(12)6-15/h3-5,7H,6,15H2,1-2H3. The fourth-order valence-corrected chi connectivity index (χ4v) is 1.79. The second-order valence-electron chi connectivity index (χ2n) is 3.92. The van der Waals surface area contributed by atoms with Gasteiger partial charge in [0.15, 0.2) is 0 Å². The van der Waals surface area contributed by atoms with Crippen LogP contribution in [0.2, 0.25) is 5.02 Å². The Labute approximate surface area is 111 Å². The molecule has 1 aromatic heterocycles. The van der Waals surface area contributed by atoms with Crippen LogP contribution in [0.5, 0.6) is 11.6 Å². The van der Waals surface area contributed by atoms with E-state index in [9.17, 15) is 0 Å². The van der Waals surface area contributed by atoms with Crippen molar-refractivity contribution in [1.82, 2.24) is 9.97 Å². The van der Waals surface area contributed by atoms with Gasteiger partial charge in [-0.1, -0.05) is 17.7 Å². The third-order valence-corrected chi connectivity index (χ3v) is 2.87. The maximum Gasteiger partial charge on any atom is 0.241 e. The number of nitrogens with zero attached hydrogens (tertiary/aromatic N) is 2. The number of benzene rings is 1. The normalized spacial score (nSPS) is 10.4. The van der Waals surface area contributed by atoms with E-state index in [1.165, 1.54) is 0 Å². The zero-order valence-electron chi connectivity index (χ0n) is 10.3. The first-order chi connectivity index (χ1) is 8.61. The number of ether oxygens (including phenoxy) is 1. The van der Waals surface area contributed by atoms with E-state index in [2.05, 4.69) is 9.97 Å². The van der Waals surface area contributed by atoms with Gasteiger partial charge in [-0.2, -0.15) is 0 Å². The van der Waals surface area contributed by atoms with Crippen LogP contribution in [0.3, 0.4) is 0 Å². The highest BCUT2D eigenvalue weighted by molar-refractivity contribution is 6.31. The molecule has 0 amide bonds. The number of hydrogen-bond acceptors (Lipinski definition) is 4. The van der Waals surface area contributed by atoms with E-state index in [1.807, 2.05) is 26.0 Å². The van der Waals surface area contributed by atoms with E-state index in [0.29, 0.717) is 23.2 Å². The van der Waals surface area contributed by atoms with Gasteiger partial charge in [-0.05, 0) is 26.0 Å². The molecule has 0 aliphatic heterocycles. The van der Waals surface area contributed by atoms with Crippen LogP contribution in [0.25, 0.3) is 0 Å². The summed E-state index contributed by atoms with van der Waals surface area (Å²) in [6, 6.07) is 5.41. The molecule has 2 N–H and O–H groups in total. The molecule has 0 spiro atoms. The number of hydrogen-bond donors (Lipinski definition) is 1. The molecule has 94 valence electrons. The fourth-order valence-electron chi connectivity index (χ4n) is 1.55. The molecule has 0 unspecified atom stereocenters. The van der Waals surface area contributed by atoms with Crippen molar-refractivity contribution in [2.24, 2.45) is 5.73 Å². The topological polar surface area (TPSA) is 61.0 Å². The Morgan fingerprint density at radius 3 is 2.83 bits per heavy atom. The van der Waals surface area contributed by atoms with Crippen molar-refractivity contribution in [3.05, 3.63) is 46.4 Å². The van der Waals surface area contributed by atoms with Gasteiger partial charge in [0.1, 0.15) is 5.75 Å². The van der Waals surface area contributed by atoms with E-state index >= 15 is 0 Å². The maximum absolute atomic E-state index is 6.07. The molecule has 2 aromatic rings. The van der Waals surface area contributed by atoms with E-state index < -0.39 is 0 Å². The second kappa shape index (κ2) is 5.33. The molecule has 4 nitrogen and oxygen atoms in total. The lowest BCUT2D eigenvalue weighted by atomic mass is 10.2. The molecular weight excluding hydrogens is 250 g/mol. The molecule has 0 bridgehead atoms. The molecule has 18 heavy (non-hydrogen) atoms. The summed E-state index contributed by atoms with van der Waals surface area (Å²) in [4.78, 5) is 8.51. The summed E-state index contributed by atoms with van der Waals surface area (Å²) in [7, 11) is 0.